The third kappa shape index (κ3) is 5.58. The van der Waals surface area contributed by atoms with Crippen molar-refractivity contribution in [1.29, 1.82) is 0 Å². The molecule has 2 fully saturated rings. The highest BCUT2D eigenvalue weighted by Gasteiger charge is 2.61. The number of aliphatic hydroxyl groups excluding tert-OH is 1. The van der Waals surface area contributed by atoms with Crippen molar-refractivity contribution < 1.29 is 27.6 Å². The Balaban J connectivity index is 1.99. The number of amides is 2. The summed E-state index contributed by atoms with van der Waals surface area (Å²) in [7, 11) is -2.53. The zero-order valence-electron chi connectivity index (χ0n) is 23.7. The Hall–Kier alpha value is -1.62. The number of carbonyl (C=O) groups excluding carboxylic acids is 1. The van der Waals surface area contributed by atoms with Crippen LogP contribution in [0.3, 0.4) is 0 Å². The molecule has 0 aromatic carbocycles. The Kier molecular flexibility index (Phi) is 9.09. The van der Waals surface area contributed by atoms with E-state index >= 15 is 0 Å². The van der Waals surface area contributed by atoms with E-state index in [0.29, 0.717) is 0 Å². The number of ether oxygens (including phenoxy) is 1. The van der Waals surface area contributed by atoms with Crippen LogP contribution in [0.4, 0.5) is 10.6 Å². The Morgan fingerprint density at radius 3 is 2.14 bits per heavy atom. The fourth-order valence-electron chi connectivity index (χ4n) is 5.26. The maximum atomic E-state index is 12.9. The van der Waals surface area contributed by atoms with Crippen LogP contribution in [0, 0.1) is 0 Å². The van der Waals surface area contributed by atoms with Crippen LogP contribution in [-0.2, 0) is 17.7 Å². The molecule has 2 N–H and O–H groups in total. The fourth-order valence-corrected chi connectivity index (χ4v) is 16.5. The molecule has 0 radical (unpaired) electrons. The minimum atomic E-state index is -2.95. The van der Waals surface area contributed by atoms with Crippen LogP contribution in [0.15, 0.2) is 17.1 Å². The van der Waals surface area contributed by atoms with Crippen molar-refractivity contribution in [2.45, 2.75) is 102 Å². The Morgan fingerprint density at radius 2 is 1.65 bits per heavy atom. The molecule has 0 saturated carbocycles. The lowest BCUT2D eigenvalue weighted by Crippen LogP contribution is -2.65. The zero-order valence-corrected chi connectivity index (χ0v) is 25.7. The molecule has 210 valence electrons. The van der Waals surface area contributed by atoms with Crippen molar-refractivity contribution in [1.82, 2.24) is 14.5 Å². The van der Waals surface area contributed by atoms with Crippen LogP contribution in [0.5, 0.6) is 0 Å². The van der Waals surface area contributed by atoms with Crippen LogP contribution in [0.2, 0.25) is 22.2 Å². The second kappa shape index (κ2) is 11.2. The first-order valence-electron chi connectivity index (χ1n) is 13.1. The molecule has 0 spiro atoms. The quantitative estimate of drug-likeness (QED) is 0.510. The molecule has 3 heterocycles. The van der Waals surface area contributed by atoms with Crippen LogP contribution in [0.25, 0.3) is 0 Å². The van der Waals surface area contributed by atoms with Gasteiger partial charge < -0.3 is 27.7 Å². The minimum absolute atomic E-state index is 0.0921. The third-order valence-corrected chi connectivity index (χ3v) is 17.6. The summed E-state index contributed by atoms with van der Waals surface area (Å²) in [6, 6.07) is 1.09. The van der Waals surface area contributed by atoms with Gasteiger partial charge in [0.15, 0.2) is 6.23 Å². The van der Waals surface area contributed by atoms with Gasteiger partial charge in [0.25, 0.3) is 0 Å². The van der Waals surface area contributed by atoms with Gasteiger partial charge in [-0.05, 0) is 28.2 Å². The van der Waals surface area contributed by atoms with Crippen molar-refractivity contribution in [2.24, 2.45) is 0 Å². The number of rotatable bonds is 6. The lowest BCUT2D eigenvalue weighted by molar-refractivity contribution is -0.0600. The molecule has 2 aliphatic rings. The van der Waals surface area contributed by atoms with Gasteiger partial charge in [-0.1, -0.05) is 55.4 Å². The molecule has 4 atom stereocenters. The highest BCUT2D eigenvalue weighted by Crippen LogP contribution is 2.48. The number of anilines is 1. The smallest absolute Gasteiger partial charge is 0.351 e. The van der Waals surface area contributed by atoms with Crippen LogP contribution in [0.1, 0.15) is 61.6 Å². The topological polar surface area (TPSA) is 124 Å². The van der Waals surface area contributed by atoms with Crippen molar-refractivity contribution in [2.75, 3.05) is 26.0 Å². The molecule has 3 rings (SSSR count). The van der Waals surface area contributed by atoms with Crippen molar-refractivity contribution in [3.63, 3.8) is 0 Å². The van der Waals surface area contributed by atoms with Gasteiger partial charge in [-0.25, -0.2) is 9.59 Å². The van der Waals surface area contributed by atoms with Crippen LogP contribution >= 0.6 is 0 Å². The zero-order chi connectivity index (χ0) is 27.9. The first-order chi connectivity index (χ1) is 17.2. The summed E-state index contributed by atoms with van der Waals surface area (Å²) < 4.78 is 28.2. The highest BCUT2D eigenvalue weighted by molar-refractivity contribution is 6.84. The average Bonchev–Trinajstić information content (AvgIpc) is 3.07. The van der Waals surface area contributed by atoms with E-state index < -0.39 is 53.4 Å². The van der Waals surface area contributed by atoms with Gasteiger partial charge >= 0.3 is 28.8 Å². The van der Waals surface area contributed by atoms with Crippen molar-refractivity contribution in [3.05, 3.63) is 22.7 Å². The van der Waals surface area contributed by atoms with Gasteiger partial charge in [0, 0.05) is 20.3 Å². The average molecular weight is 557 g/mol. The Bertz CT molecular complexity index is 1000. The number of nitrogens with one attached hydrogen (secondary N) is 1. The maximum Gasteiger partial charge on any atom is 0.351 e. The monoisotopic (exact) mass is 556 g/mol. The summed E-state index contributed by atoms with van der Waals surface area (Å²) in [5, 5.41) is 14.0. The molecular weight excluding hydrogens is 512 g/mol. The number of aliphatic hydroxyl groups is 1. The van der Waals surface area contributed by atoms with E-state index in [1.165, 1.54) is 21.7 Å². The summed E-state index contributed by atoms with van der Waals surface area (Å²) in [6.07, 6.45) is -2.02. The first-order valence-corrected chi connectivity index (χ1v) is 17.0. The molecule has 0 unspecified atom stereocenters. The number of urea groups is 1. The van der Waals surface area contributed by atoms with E-state index in [0.717, 1.165) is 0 Å². The van der Waals surface area contributed by atoms with Gasteiger partial charge in [0.1, 0.15) is 24.1 Å². The van der Waals surface area contributed by atoms with Gasteiger partial charge in [0.2, 0.25) is 0 Å². The third-order valence-electron chi connectivity index (χ3n) is 7.39. The van der Waals surface area contributed by atoms with Gasteiger partial charge in [-0.15, -0.1) is 0 Å². The van der Waals surface area contributed by atoms with E-state index in [1.54, 1.807) is 14.1 Å². The number of carbonyl (C=O) groups is 1. The summed E-state index contributed by atoms with van der Waals surface area (Å²) >= 11 is 0. The normalized spacial score (nSPS) is 27.3. The minimum Gasteiger partial charge on any atom is -0.414 e. The van der Waals surface area contributed by atoms with Crippen molar-refractivity contribution >= 4 is 29.0 Å². The van der Waals surface area contributed by atoms with Gasteiger partial charge in [0.05, 0.1) is 6.61 Å². The maximum absolute atomic E-state index is 12.9. The molecule has 0 aliphatic carbocycles. The van der Waals surface area contributed by atoms with E-state index in [-0.39, 0.29) is 34.6 Å². The molecule has 13 heteroatoms. The number of aromatic nitrogens is 2. The highest BCUT2D eigenvalue weighted by atomic mass is 28.5. The predicted octanol–water partition coefficient (Wildman–Crippen LogP) is 3.55. The molecule has 2 aliphatic heterocycles. The number of hydrogen-bond donors (Lipinski definition) is 2. The number of hydrogen-bond acceptors (Lipinski definition) is 8. The number of fused-ring (bicyclic) bond motifs is 1. The Morgan fingerprint density at radius 1 is 1.08 bits per heavy atom. The molecule has 11 nitrogen and oxygen atoms in total. The second-order valence-electron chi connectivity index (χ2n) is 11.4. The standard InChI is InChI=1S/C24H44N4O7Si2/c1-14(2)36(15(3)4)32-13-18-21(34-37(35-36,16(5)6)17(7)8)20(29)22(33-18)28-12-11-19(26-24(28)31)25-23(30)27(9)10/h11-12,14-18,20-22,29H,13H2,1-10H3,(H,25,26,30,31)/t18-,20-,21-,22-/m1/s1. The predicted molar refractivity (Wildman–Crippen MR) is 145 cm³/mol. The Labute approximate surface area is 222 Å². The lowest BCUT2D eigenvalue weighted by Gasteiger charge is -2.51. The molecule has 2 saturated heterocycles. The number of nitrogens with zero attached hydrogens (tertiary/aromatic N) is 3. The molecule has 2 amide bonds. The summed E-state index contributed by atoms with van der Waals surface area (Å²) in [5.74, 6) is 0.113. The SMILES string of the molecule is CC(C)[Si]1(C(C)C)OC[C@H]2O[C@@H](n3ccc(NC(=O)N(C)C)nc3=O)[C@H](O)[C@@H]2O[Si](C(C)C)(C(C)C)O1. The first kappa shape index (κ1) is 29.9. The second-order valence-corrected chi connectivity index (χ2v) is 20.3. The van der Waals surface area contributed by atoms with E-state index in [9.17, 15) is 14.7 Å². The van der Waals surface area contributed by atoms with Gasteiger partial charge in [-0.2, -0.15) is 4.98 Å². The van der Waals surface area contributed by atoms with Crippen LogP contribution < -0.4 is 11.0 Å². The molecule has 1 aromatic heterocycles. The lowest BCUT2D eigenvalue weighted by atomic mass is 10.1. The molecule has 37 heavy (non-hydrogen) atoms. The van der Waals surface area contributed by atoms with E-state index in [1.807, 2.05) is 0 Å². The van der Waals surface area contributed by atoms with E-state index in [4.69, 9.17) is 17.7 Å². The van der Waals surface area contributed by atoms with E-state index in [2.05, 4.69) is 65.7 Å². The summed E-state index contributed by atoms with van der Waals surface area (Å²) in [5.41, 5.74) is -0.118. The molecule has 0 bridgehead atoms. The largest absolute Gasteiger partial charge is 0.414 e. The molecule has 1 aromatic rings. The fraction of sp³-hybridized carbons (Fsp3) is 0.792. The van der Waals surface area contributed by atoms with Gasteiger partial charge in [-0.3, -0.25) is 9.88 Å². The summed E-state index contributed by atoms with van der Waals surface area (Å²) in [4.78, 5) is 30.1. The van der Waals surface area contributed by atoms with Crippen LogP contribution in [-0.4, -0.2) is 81.7 Å². The molecular formula is C24H44N4O7Si2. The summed E-state index contributed by atoms with van der Waals surface area (Å²) in [6.45, 7) is 17.2. The van der Waals surface area contributed by atoms with Crippen molar-refractivity contribution in [3.8, 4) is 0 Å².